The van der Waals surface area contributed by atoms with Gasteiger partial charge < -0.3 is 28.4 Å². The maximum absolute atomic E-state index is 14.7. The van der Waals surface area contributed by atoms with Gasteiger partial charge in [-0.1, -0.05) is 64.5 Å². The van der Waals surface area contributed by atoms with Crippen molar-refractivity contribution in [2.24, 2.45) is 0 Å². The minimum atomic E-state index is -0.923. The molecule has 0 fully saturated rings. The van der Waals surface area contributed by atoms with Gasteiger partial charge in [-0.05, 0) is 74.2 Å². The normalized spacial score (nSPS) is 10.6. The second-order valence-electron chi connectivity index (χ2n) is 12.2. The molecule has 0 aliphatic heterocycles. The molecule has 0 spiro atoms. The van der Waals surface area contributed by atoms with Crippen molar-refractivity contribution in [3.63, 3.8) is 0 Å². The van der Waals surface area contributed by atoms with Gasteiger partial charge in [0.1, 0.15) is 34.6 Å². The van der Waals surface area contributed by atoms with Crippen molar-refractivity contribution in [2.45, 2.75) is 77.0 Å². The third-order valence-electron chi connectivity index (χ3n) is 8.00. The molecule has 0 aliphatic carbocycles. The minimum Gasteiger partial charge on any atom is -0.493 e. The Hall–Kier alpha value is -5.52. The molecule has 0 bridgehead atoms. The fourth-order valence-electron chi connectivity index (χ4n) is 5.07. The number of carbonyl (C=O) groups is 4. The first-order valence-corrected chi connectivity index (χ1v) is 18.2. The number of unbranched alkanes of at least 4 members (excludes halogenated alkanes) is 10. The highest BCUT2D eigenvalue weighted by Crippen LogP contribution is 2.24. The van der Waals surface area contributed by atoms with Crippen LogP contribution in [0.2, 0.25) is 0 Å². The number of ether oxygens (including phenoxy) is 6. The van der Waals surface area contributed by atoms with Gasteiger partial charge in [-0.2, -0.15) is 0 Å². The van der Waals surface area contributed by atoms with Crippen LogP contribution in [-0.2, 0) is 19.1 Å². The summed E-state index contributed by atoms with van der Waals surface area (Å²) in [5.74, 6) is -3.53. The molecule has 3 rings (SSSR count). The van der Waals surface area contributed by atoms with E-state index in [1.165, 1.54) is 48.5 Å². The smallest absolute Gasteiger partial charge is 0.346 e. The number of hydrogen-bond donors (Lipinski definition) is 0. The second-order valence-corrected chi connectivity index (χ2v) is 12.2. The van der Waals surface area contributed by atoms with Gasteiger partial charge >= 0.3 is 23.9 Å². The maximum Gasteiger partial charge on any atom is 0.346 e. The molecule has 0 aliphatic rings. The molecule has 290 valence electrons. The van der Waals surface area contributed by atoms with Crippen molar-refractivity contribution in [1.29, 1.82) is 0 Å². The van der Waals surface area contributed by atoms with Gasteiger partial charge in [0.05, 0.1) is 37.6 Å². The molecule has 0 unspecified atom stereocenters. The van der Waals surface area contributed by atoms with Crippen LogP contribution < -0.4 is 18.9 Å². The predicted octanol–water partition coefficient (Wildman–Crippen LogP) is 9.30. The van der Waals surface area contributed by atoms with Crippen LogP contribution in [0, 0.1) is 11.6 Å². The zero-order valence-electron chi connectivity index (χ0n) is 30.5. The minimum absolute atomic E-state index is 0.0801. The second kappa shape index (κ2) is 24.7. The van der Waals surface area contributed by atoms with E-state index in [0.29, 0.717) is 37.9 Å². The molecule has 12 heteroatoms. The highest BCUT2D eigenvalue weighted by Gasteiger charge is 2.18. The lowest BCUT2D eigenvalue weighted by molar-refractivity contribution is -0.138. The first-order chi connectivity index (χ1) is 26.2. The molecule has 3 aromatic carbocycles. The molecular formula is C42H48F2O10. The number of hydrogen-bond acceptors (Lipinski definition) is 10. The Morgan fingerprint density at radius 3 is 1.11 bits per heavy atom. The molecule has 0 saturated heterocycles. The van der Waals surface area contributed by atoms with E-state index in [-0.39, 0.29) is 22.6 Å². The fraction of sp³-hybridized carbons (Fsp3) is 0.381. The summed E-state index contributed by atoms with van der Waals surface area (Å²) in [5.41, 5.74) is -0.561. The summed E-state index contributed by atoms with van der Waals surface area (Å²) in [6.45, 7) is 8.26. The van der Waals surface area contributed by atoms with Gasteiger partial charge in [-0.15, -0.1) is 0 Å². The third-order valence-corrected chi connectivity index (χ3v) is 8.00. The largest absolute Gasteiger partial charge is 0.493 e. The molecule has 0 saturated carbocycles. The van der Waals surface area contributed by atoms with Crippen LogP contribution in [0.1, 0.15) is 97.8 Å². The van der Waals surface area contributed by atoms with E-state index in [4.69, 9.17) is 28.4 Å². The van der Waals surface area contributed by atoms with Crippen LogP contribution in [0.3, 0.4) is 0 Å². The number of rotatable bonds is 26. The Morgan fingerprint density at radius 1 is 0.463 bits per heavy atom. The lowest BCUT2D eigenvalue weighted by Gasteiger charge is -2.10. The molecule has 0 atom stereocenters. The third kappa shape index (κ3) is 16.4. The van der Waals surface area contributed by atoms with E-state index in [9.17, 15) is 28.0 Å². The van der Waals surface area contributed by atoms with Crippen molar-refractivity contribution in [2.75, 3.05) is 26.4 Å². The maximum atomic E-state index is 14.7. The van der Waals surface area contributed by atoms with Gasteiger partial charge in [0.25, 0.3) is 0 Å². The summed E-state index contributed by atoms with van der Waals surface area (Å²) in [6.07, 6.45) is 13.2. The topological polar surface area (TPSA) is 124 Å². The summed E-state index contributed by atoms with van der Waals surface area (Å²) in [6, 6.07) is 13.3. The van der Waals surface area contributed by atoms with E-state index in [1.807, 2.05) is 0 Å². The lowest BCUT2D eigenvalue weighted by Crippen LogP contribution is -2.12. The Labute approximate surface area is 315 Å². The molecule has 0 aromatic heterocycles. The Morgan fingerprint density at radius 2 is 0.778 bits per heavy atom. The Balaban J connectivity index is 1.33. The zero-order chi connectivity index (χ0) is 39.0. The van der Waals surface area contributed by atoms with Crippen molar-refractivity contribution in [1.82, 2.24) is 0 Å². The molecular weight excluding hydrogens is 702 g/mol. The van der Waals surface area contributed by atoms with Crippen LogP contribution >= 0.6 is 0 Å². The van der Waals surface area contributed by atoms with Crippen LogP contribution in [0.4, 0.5) is 8.78 Å². The molecule has 0 N–H and O–H groups in total. The summed E-state index contributed by atoms with van der Waals surface area (Å²) in [7, 11) is 0. The molecule has 0 heterocycles. The van der Waals surface area contributed by atoms with E-state index >= 15 is 0 Å². The van der Waals surface area contributed by atoms with Gasteiger partial charge in [0.15, 0.2) is 0 Å². The highest BCUT2D eigenvalue weighted by atomic mass is 19.1. The lowest BCUT2D eigenvalue weighted by atomic mass is 10.1. The van der Waals surface area contributed by atoms with Gasteiger partial charge in [-0.25, -0.2) is 28.0 Å². The van der Waals surface area contributed by atoms with Crippen molar-refractivity contribution < 1.29 is 56.4 Å². The van der Waals surface area contributed by atoms with E-state index in [2.05, 4.69) is 13.2 Å². The van der Waals surface area contributed by atoms with E-state index in [0.717, 1.165) is 101 Å². The van der Waals surface area contributed by atoms with Gasteiger partial charge in [0.2, 0.25) is 0 Å². The molecule has 54 heavy (non-hydrogen) atoms. The fourth-order valence-corrected chi connectivity index (χ4v) is 5.07. The van der Waals surface area contributed by atoms with Gasteiger partial charge in [0, 0.05) is 24.3 Å². The van der Waals surface area contributed by atoms with Gasteiger partial charge in [-0.3, -0.25) is 0 Å². The SMILES string of the molecule is C=CC(=O)OCCCCCCCCOc1ccc(C(=O)Oc2ccc(OC(=O)c3ccc(OCCCCCCCCOC(=O)C=C)cc3F)cc2)c(F)c1. The number of carbonyl (C=O) groups excluding carboxylic acids is 4. The number of benzene rings is 3. The Bertz CT molecular complexity index is 1550. The summed E-state index contributed by atoms with van der Waals surface area (Å²) < 4.78 is 61.1. The molecule has 0 radical (unpaired) electrons. The van der Waals surface area contributed by atoms with E-state index < -0.39 is 35.5 Å². The van der Waals surface area contributed by atoms with Crippen LogP contribution in [0.15, 0.2) is 86.0 Å². The van der Waals surface area contributed by atoms with Crippen LogP contribution in [-0.4, -0.2) is 50.3 Å². The van der Waals surface area contributed by atoms with Crippen molar-refractivity contribution >= 4 is 23.9 Å². The molecule has 0 amide bonds. The quantitative estimate of drug-likeness (QED) is 0.0339. The first-order valence-electron chi connectivity index (χ1n) is 18.2. The summed E-state index contributed by atoms with van der Waals surface area (Å²) in [4.78, 5) is 47.3. The Kier molecular flexibility index (Phi) is 19.6. The van der Waals surface area contributed by atoms with Crippen LogP contribution in [0.25, 0.3) is 0 Å². The first kappa shape index (κ1) is 42.9. The average molecular weight is 751 g/mol. The highest BCUT2D eigenvalue weighted by molar-refractivity contribution is 5.92. The zero-order valence-corrected chi connectivity index (χ0v) is 30.5. The molecule has 10 nitrogen and oxygen atoms in total. The predicted molar refractivity (Wildman–Crippen MR) is 198 cm³/mol. The van der Waals surface area contributed by atoms with Crippen molar-refractivity contribution in [3.05, 3.63) is 109 Å². The summed E-state index contributed by atoms with van der Waals surface area (Å²) in [5, 5.41) is 0. The van der Waals surface area contributed by atoms with E-state index in [1.54, 1.807) is 0 Å². The standard InChI is InChI=1S/C42H48F2O10/c1-3-39(45)51-27-15-11-7-5-9-13-25-49-33-21-23-35(37(43)29-33)41(47)53-31-17-19-32(20-18-31)54-42(48)36-24-22-34(30-38(36)44)50-26-14-10-6-8-12-16-28-52-40(46)4-2/h3-4,17-24,29-30H,1-2,5-16,25-28H2. The number of halogens is 2. The monoisotopic (exact) mass is 750 g/mol. The van der Waals surface area contributed by atoms with Crippen LogP contribution in [0.5, 0.6) is 23.0 Å². The van der Waals surface area contributed by atoms with Crippen molar-refractivity contribution in [3.8, 4) is 23.0 Å². The summed E-state index contributed by atoms with van der Waals surface area (Å²) >= 11 is 0. The average Bonchev–Trinajstić information content (AvgIpc) is 3.16. The number of esters is 4. The molecule has 3 aromatic rings.